The number of pyridine rings is 1. The minimum atomic E-state index is -0.211. The Kier molecular flexibility index (Phi) is 6.35. The maximum atomic E-state index is 13.1. The zero-order valence-electron chi connectivity index (χ0n) is 13.3. The summed E-state index contributed by atoms with van der Waals surface area (Å²) in [5, 5.41) is 6.41. The first-order valence-electron chi connectivity index (χ1n) is 7.39. The lowest BCUT2D eigenvalue weighted by Gasteiger charge is -2.12. The number of ether oxygens (including phenoxy) is 1. The van der Waals surface area contributed by atoms with Crippen LogP contribution in [-0.4, -0.2) is 31.6 Å². The first kappa shape index (κ1) is 16.7. The lowest BCUT2D eigenvalue weighted by Crippen LogP contribution is -2.37. The quantitative estimate of drug-likeness (QED) is 0.633. The Morgan fingerprint density at radius 3 is 2.74 bits per heavy atom. The average Bonchev–Trinajstić information content (AvgIpc) is 2.58. The fraction of sp³-hybridized carbons (Fsp3) is 0.294. The highest BCUT2D eigenvalue weighted by Gasteiger charge is 2.00. The molecule has 0 amide bonds. The molecule has 2 N–H and O–H groups in total. The lowest BCUT2D eigenvalue weighted by molar-refractivity contribution is 0.397. The van der Waals surface area contributed by atoms with E-state index in [0.717, 1.165) is 17.5 Å². The van der Waals surface area contributed by atoms with Gasteiger partial charge >= 0.3 is 0 Å². The van der Waals surface area contributed by atoms with E-state index in [0.29, 0.717) is 24.9 Å². The average molecular weight is 316 g/mol. The van der Waals surface area contributed by atoms with E-state index in [-0.39, 0.29) is 5.82 Å². The van der Waals surface area contributed by atoms with E-state index in [2.05, 4.69) is 20.6 Å². The highest BCUT2D eigenvalue weighted by molar-refractivity contribution is 5.79. The molecule has 0 aliphatic heterocycles. The number of aliphatic imine (C=N–C) groups is 1. The fourth-order valence-electron chi connectivity index (χ4n) is 2.06. The predicted molar refractivity (Wildman–Crippen MR) is 89.1 cm³/mol. The van der Waals surface area contributed by atoms with Crippen LogP contribution in [0.3, 0.4) is 0 Å². The number of nitrogens with one attached hydrogen (secondary N) is 2. The van der Waals surface area contributed by atoms with E-state index in [1.165, 1.54) is 6.07 Å². The van der Waals surface area contributed by atoms with E-state index in [1.54, 1.807) is 32.5 Å². The van der Waals surface area contributed by atoms with Gasteiger partial charge in [0.15, 0.2) is 5.96 Å². The number of guanidine groups is 1. The minimum Gasteiger partial charge on any atom is -0.481 e. The lowest BCUT2D eigenvalue weighted by atomic mass is 10.1. The number of halogens is 1. The maximum Gasteiger partial charge on any atom is 0.212 e. The topological polar surface area (TPSA) is 58.5 Å². The summed E-state index contributed by atoms with van der Waals surface area (Å²) in [6, 6.07) is 10.4. The number of methoxy groups -OCH3 is 1. The van der Waals surface area contributed by atoms with Gasteiger partial charge in [-0.15, -0.1) is 0 Å². The molecule has 2 aromatic rings. The first-order chi connectivity index (χ1) is 11.2. The molecule has 0 aliphatic carbocycles. The second-order valence-corrected chi connectivity index (χ2v) is 4.94. The smallest absolute Gasteiger partial charge is 0.212 e. The molecule has 0 radical (unpaired) electrons. The molecule has 0 bridgehead atoms. The second kappa shape index (κ2) is 8.73. The van der Waals surface area contributed by atoms with Crippen molar-refractivity contribution in [2.75, 3.05) is 20.7 Å². The van der Waals surface area contributed by atoms with Gasteiger partial charge in [-0.1, -0.05) is 18.2 Å². The molecule has 2 rings (SSSR count). The molecule has 1 aromatic heterocycles. The standard InChI is InChI=1S/C17H21FN4O/c1-19-17(20-9-8-13-4-3-5-15(18)10-13)22-12-14-6-7-16(23-2)21-11-14/h3-7,10-11H,8-9,12H2,1-2H3,(H2,19,20,22). The minimum absolute atomic E-state index is 0.211. The van der Waals surface area contributed by atoms with Crippen molar-refractivity contribution in [3.05, 3.63) is 59.5 Å². The van der Waals surface area contributed by atoms with Crippen LogP contribution in [0.15, 0.2) is 47.6 Å². The third kappa shape index (κ3) is 5.58. The van der Waals surface area contributed by atoms with E-state index in [1.807, 2.05) is 18.2 Å². The predicted octanol–water partition coefficient (Wildman–Crippen LogP) is 2.14. The Labute approximate surface area is 135 Å². The van der Waals surface area contributed by atoms with Crippen molar-refractivity contribution in [2.24, 2.45) is 4.99 Å². The molecule has 1 heterocycles. The van der Waals surface area contributed by atoms with Gasteiger partial charge in [0.2, 0.25) is 5.88 Å². The molecule has 0 aliphatic rings. The van der Waals surface area contributed by atoms with Crippen molar-refractivity contribution in [3.8, 4) is 5.88 Å². The molecule has 0 saturated carbocycles. The molecule has 122 valence electrons. The summed E-state index contributed by atoms with van der Waals surface area (Å²) >= 11 is 0. The van der Waals surface area contributed by atoms with Gasteiger partial charge in [0, 0.05) is 32.4 Å². The van der Waals surface area contributed by atoms with Crippen molar-refractivity contribution in [2.45, 2.75) is 13.0 Å². The van der Waals surface area contributed by atoms with Crippen molar-refractivity contribution < 1.29 is 9.13 Å². The number of nitrogens with zero attached hydrogens (tertiary/aromatic N) is 2. The van der Waals surface area contributed by atoms with E-state index in [9.17, 15) is 4.39 Å². The van der Waals surface area contributed by atoms with Crippen LogP contribution in [0.25, 0.3) is 0 Å². The molecular formula is C17H21FN4O. The molecule has 1 aromatic carbocycles. The summed E-state index contributed by atoms with van der Waals surface area (Å²) in [7, 11) is 3.30. The molecule has 0 saturated heterocycles. The molecule has 6 heteroatoms. The van der Waals surface area contributed by atoms with Crippen molar-refractivity contribution in [1.82, 2.24) is 15.6 Å². The summed E-state index contributed by atoms with van der Waals surface area (Å²) < 4.78 is 18.1. The molecule has 0 spiro atoms. The molecule has 0 atom stereocenters. The molecule has 0 unspecified atom stereocenters. The summed E-state index contributed by atoms with van der Waals surface area (Å²) in [4.78, 5) is 8.31. The Hall–Kier alpha value is -2.63. The maximum absolute atomic E-state index is 13.1. The third-order valence-electron chi connectivity index (χ3n) is 3.29. The van der Waals surface area contributed by atoms with Gasteiger partial charge in [0.1, 0.15) is 5.82 Å². The van der Waals surface area contributed by atoms with E-state index < -0.39 is 0 Å². The molecule has 23 heavy (non-hydrogen) atoms. The SMILES string of the molecule is CN=C(NCCc1cccc(F)c1)NCc1ccc(OC)nc1. The number of rotatable bonds is 6. The van der Waals surface area contributed by atoms with Gasteiger partial charge in [0.05, 0.1) is 7.11 Å². The highest BCUT2D eigenvalue weighted by Crippen LogP contribution is 2.06. The van der Waals surface area contributed by atoms with Gasteiger partial charge in [-0.05, 0) is 29.7 Å². The first-order valence-corrected chi connectivity index (χ1v) is 7.39. The van der Waals surface area contributed by atoms with Crippen molar-refractivity contribution >= 4 is 5.96 Å². The van der Waals surface area contributed by atoms with Gasteiger partial charge in [-0.3, -0.25) is 4.99 Å². The largest absolute Gasteiger partial charge is 0.481 e. The van der Waals surface area contributed by atoms with E-state index in [4.69, 9.17) is 4.74 Å². The van der Waals surface area contributed by atoms with Crippen LogP contribution in [-0.2, 0) is 13.0 Å². The summed E-state index contributed by atoms with van der Waals surface area (Å²) in [5.41, 5.74) is 1.98. The highest BCUT2D eigenvalue weighted by atomic mass is 19.1. The normalized spacial score (nSPS) is 11.2. The second-order valence-electron chi connectivity index (χ2n) is 4.94. The third-order valence-corrected chi connectivity index (χ3v) is 3.29. The van der Waals surface area contributed by atoms with Crippen LogP contribution in [0.4, 0.5) is 4.39 Å². The Balaban J connectivity index is 1.76. The van der Waals surface area contributed by atoms with Crippen LogP contribution in [0.2, 0.25) is 0 Å². The Bertz CT molecular complexity index is 643. The van der Waals surface area contributed by atoms with Crippen LogP contribution in [0.1, 0.15) is 11.1 Å². The number of hydrogen-bond acceptors (Lipinski definition) is 3. The number of aromatic nitrogens is 1. The zero-order chi connectivity index (χ0) is 16.5. The van der Waals surface area contributed by atoms with E-state index >= 15 is 0 Å². The molecule has 0 fully saturated rings. The Morgan fingerprint density at radius 2 is 2.09 bits per heavy atom. The van der Waals surface area contributed by atoms with Gasteiger partial charge < -0.3 is 15.4 Å². The van der Waals surface area contributed by atoms with Crippen LogP contribution < -0.4 is 15.4 Å². The fourth-order valence-corrected chi connectivity index (χ4v) is 2.06. The summed E-state index contributed by atoms with van der Waals surface area (Å²) in [5.74, 6) is 1.07. The monoisotopic (exact) mass is 316 g/mol. The van der Waals surface area contributed by atoms with Gasteiger partial charge in [0.25, 0.3) is 0 Å². The van der Waals surface area contributed by atoms with Crippen molar-refractivity contribution in [1.29, 1.82) is 0 Å². The summed E-state index contributed by atoms with van der Waals surface area (Å²) in [6.45, 7) is 1.28. The van der Waals surface area contributed by atoms with Gasteiger partial charge in [-0.25, -0.2) is 9.37 Å². The zero-order valence-corrected chi connectivity index (χ0v) is 13.3. The van der Waals surface area contributed by atoms with Crippen molar-refractivity contribution in [3.63, 3.8) is 0 Å². The summed E-state index contributed by atoms with van der Waals surface area (Å²) in [6.07, 6.45) is 2.48. The number of benzene rings is 1. The van der Waals surface area contributed by atoms with Crippen LogP contribution in [0, 0.1) is 5.82 Å². The van der Waals surface area contributed by atoms with Crippen LogP contribution in [0.5, 0.6) is 5.88 Å². The van der Waals surface area contributed by atoms with Gasteiger partial charge in [-0.2, -0.15) is 0 Å². The van der Waals surface area contributed by atoms with Crippen LogP contribution >= 0.6 is 0 Å². The molecule has 5 nitrogen and oxygen atoms in total. The molecular weight excluding hydrogens is 295 g/mol. The Morgan fingerprint density at radius 1 is 1.22 bits per heavy atom. The number of hydrogen-bond donors (Lipinski definition) is 2.